The second kappa shape index (κ2) is 5.14. The highest BCUT2D eigenvalue weighted by Crippen LogP contribution is 2.34. The van der Waals surface area contributed by atoms with Crippen LogP contribution in [0.5, 0.6) is 0 Å². The third kappa shape index (κ3) is 2.92. The molecule has 0 aliphatic rings. The molecule has 0 unspecified atom stereocenters. The first-order valence-electron chi connectivity index (χ1n) is 6.19. The zero-order valence-corrected chi connectivity index (χ0v) is 12.5. The molecule has 0 radical (unpaired) electrons. The fraction of sp³-hybridized carbons (Fsp3) is 0.500. The Morgan fingerprint density at radius 3 is 2.57 bits per heavy atom. The molecule has 2 heterocycles. The minimum absolute atomic E-state index is 0.0616. The molecule has 0 saturated heterocycles. The molecule has 114 valence electrons. The first-order chi connectivity index (χ1) is 9.61. The minimum Gasteiger partial charge on any atom is -0.368 e. The van der Waals surface area contributed by atoms with E-state index < -0.39 is 28.9 Å². The topological polar surface area (TPSA) is 90.9 Å². The first-order valence-corrected chi connectivity index (χ1v) is 7.01. The Kier molecular flexibility index (Phi) is 3.79. The van der Waals surface area contributed by atoms with Crippen molar-refractivity contribution in [1.82, 2.24) is 14.8 Å². The Balaban J connectivity index is 2.80. The number of carbonyl (C=O) groups excluding carboxylic acids is 1. The molecule has 1 amide bonds. The summed E-state index contributed by atoms with van der Waals surface area (Å²) in [5.74, 6) is -4.02. The van der Waals surface area contributed by atoms with Gasteiger partial charge in [-0.25, -0.2) is 9.67 Å². The lowest BCUT2D eigenvalue weighted by Gasteiger charge is -2.08. The molecule has 0 atom stereocenters. The maximum absolute atomic E-state index is 13.4. The second-order valence-corrected chi connectivity index (χ2v) is 6.05. The van der Waals surface area contributed by atoms with Gasteiger partial charge < -0.3 is 5.73 Å². The summed E-state index contributed by atoms with van der Waals surface area (Å²) in [4.78, 5) is 27.1. The van der Waals surface area contributed by atoms with Gasteiger partial charge in [0.2, 0.25) is 5.91 Å². The number of nitrogens with zero attached hydrogens (tertiary/aromatic N) is 3. The highest BCUT2D eigenvalue weighted by molar-refractivity contribution is 7.18. The summed E-state index contributed by atoms with van der Waals surface area (Å²) in [6.45, 7) is 3.91. The predicted octanol–water partition coefficient (Wildman–Crippen LogP) is 1.57. The monoisotopic (exact) mass is 316 g/mol. The zero-order chi connectivity index (χ0) is 15.9. The van der Waals surface area contributed by atoms with Gasteiger partial charge in [0.1, 0.15) is 16.8 Å². The number of carbonyl (C=O) groups is 1. The summed E-state index contributed by atoms with van der Waals surface area (Å²) in [6.07, 6.45) is 0. The maximum Gasteiger partial charge on any atom is 0.296 e. The number of nitrogens with two attached hydrogens (primary N) is 1. The van der Waals surface area contributed by atoms with Crippen LogP contribution in [0.3, 0.4) is 0 Å². The summed E-state index contributed by atoms with van der Waals surface area (Å²) < 4.78 is 27.8. The van der Waals surface area contributed by atoms with Crippen molar-refractivity contribution in [3.8, 4) is 0 Å². The van der Waals surface area contributed by atoms with Crippen molar-refractivity contribution in [2.24, 2.45) is 5.73 Å². The fourth-order valence-electron chi connectivity index (χ4n) is 1.81. The first kappa shape index (κ1) is 15.5. The van der Waals surface area contributed by atoms with Crippen LogP contribution in [0, 0.1) is 0 Å². The Bertz CT molecular complexity index is 761. The van der Waals surface area contributed by atoms with E-state index in [1.165, 1.54) is 0 Å². The molecule has 0 fully saturated rings. The average Bonchev–Trinajstić information content (AvgIpc) is 2.76. The molecule has 0 bridgehead atoms. The SMILES string of the molecule is CC(C)c1nn(CC(N)=O)c(=O)c2sc(C(C)(F)F)nc12. The number of hydrogen-bond acceptors (Lipinski definition) is 5. The molecule has 2 rings (SSSR count). The van der Waals surface area contributed by atoms with Gasteiger partial charge in [0, 0.05) is 6.92 Å². The van der Waals surface area contributed by atoms with E-state index in [2.05, 4.69) is 10.1 Å². The highest BCUT2D eigenvalue weighted by atomic mass is 32.1. The van der Waals surface area contributed by atoms with Crippen LogP contribution in [0.1, 0.15) is 37.4 Å². The van der Waals surface area contributed by atoms with Crippen LogP contribution in [0.4, 0.5) is 8.78 Å². The van der Waals surface area contributed by atoms with Crippen molar-refractivity contribution in [2.45, 2.75) is 39.2 Å². The van der Waals surface area contributed by atoms with E-state index in [1.807, 2.05) is 0 Å². The molecular weight excluding hydrogens is 302 g/mol. The largest absolute Gasteiger partial charge is 0.368 e. The molecule has 0 spiro atoms. The summed E-state index contributed by atoms with van der Waals surface area (Å²) in [5, 5.41) is 3.59. The zero-order valence-electron chi connectivity index (χ0n) is 11.7. The number of hydrogen-bond donors (Lipinski definition) is 1. The lowest BCUT2D eigenvalue weighted by atomic mass is 10.1. The summed E-state index contributed by atoms with van der Waals surface area (Å²) >= 11 is 0.617. The average molecular weight is 316 g/mol. The molecular formula is C12H14F2N4O2S. The number of primary amides is 1. The highest BCUT2D eigenvalue weighted by Gasteiger charge is 2.31. The van der Waals surface area contributed by atoms with E-state index in [0.29, 0.717) is 17.0 Å². The number of halogens is 2. The van der Waals surface area contributed by atoms with Gasteiger partial charge in [0.05, 0.1) is 5.69 Å². The van der Waals surface area contributed by atoms with Crippen molar-refractivity contribution in [3.05, 3.63) is 21.1 Å². The number of aromatic nitrogens is 3. The van der Waals surface area contributed by atoms with Crippen LogP contribution < -0.4 is 11.3 Å². The number of rotatable bonds is 4. The van der Waals surface area contributed by atoms with Crippen molar-refractivity contribution >= 4 is 27.5 Å². The second-order valence-electron chi connectivity index (χ2n) is 5.05. The van der Waals surface area contributed by atoms with Crippen LogP contribution in [-0.4, -0.2) is 20.7 Å². The maximum atomic E-state index is 13.4. The molecule has 0 aliphatic heterocycles. The van der Waals surface area contributed by atoms with Crippen molar-refractivity contribution in [3.63, 3.8) is 0 Å². The van der Waals surface area contributed by atoms with Crippen molar-refractivity contribution in [2.75, 3.05) is 0 Å². The van der Waals surface area contributed by atoms with Gasteiger partial charge in [-0.3, -0.25) is 9.59 Å². The number of fused-ring (bicyclic) bond motifs is 1. The quantitative estimate of drug-likeness (QED) is 0.927. The van der Waals surface area contributed by atoms with Crippen LogP contribution in [0.25, 0.3) is 10.2 Å². The molecule has 2 aromatic rings. The van der Waals surface area contributed by atoms with E-state index in [9.17, 15) is 18.4 Å². The molecule has 0 aromatic carbocycles. The Labute approximate surface area is 122 Å². The van der Waals surface area contributed by atoms with Crippen molar-refractivity contribution < 1.29 is 13.6 Å². The molecule has 6 nitrogen and oxygen atoms in total. The summed E-state index contributed by atoms with van der Waals surface area (Å²) in [6, 6.07) is 0. The summed E-state index contributed by atoms with van der Waals surface area (Å²) in [7, 11) is 0. The Hall–Kier alpha value is -1.90. The fourth-order valence-corrected chi connectivity index (χ4v) is 2.76. The molecule has 2 aromatic heterocycles. The van der Waals surface area contributed by atoms with Gasteiger partial charge in [-0.2, -0.15) is 13.9 Å². The molecule has 9 heteroatoms. The lowest BCUT2D eigenvalue weighted by Crippen LogP contribution is -2.30. The van der Waals surface area contributed by atoms with Gasteiger partial charge in [0.25, 0.3) is 11.5 Å². The number of amides is 1. The molecule has 0 saturated carbocycles. The van der Waals surface area contributed by atoms with E-state index in [4.69, 9.17) is 5.73 Å². The Morgan fingerprint density at radius 1 is 1.48 bits per heavy atom. The predicted molar refractivity (Wildman–Crippen MR) is 74.5 cm³/mol. The van der Waals surface area contributed by atoms with E-state index in [-0.39, 0.29) is 16.1 Å². The minimum atomic E-state index is -3.14. The standard InChI is InChI=1S/C12H14F2N4O2S/c1-5(2)7-8-9(21-11(16-8)12(3,13)14)10(20)18(17-7)4-6(15)19/h5H,4H2,1-3H3,(H2,15,19). The van der Waals surface area contributed by atoms with E-state index in [1.54, 1.807) is 13.8 Å². The van der Waals surface area contributed by atoms with Gasteiger partial charge in [0.15, 0.2) is 5.01 Å². The van der Waals surface area contributed by atoms with Gasteiger partial charge in [-0.05, 0) is 5.92 Å². The van der Waals surface area contributed by atoms with E-state index >= 15 is 0 Å². The van der Waals surface area contributed by atoms with Gasteiger partial charge >= 0.3 is 0 Å². The Morgan fingerprint density at radius 2 is 2.10 bits per heavy atom. The molecule has 2 N–H and O–H groups in total. The molecule has 0 aliphatic carbocycles. The van der Waals surface area contributed by atoms with Crippen LogP contribution >= 0.6 is 11.3 Å². The van der Waals surface area contributed by atoms with Crippen LogP contribution in [0.15, 0.2) is 4.79 Å². The third-order valence-corrected chi connectivity index (χ3v) is 3.97. The smallest absolute Gasteiger partial charge is 0.296 e. The summed E-state index contributed by atoms with van der Waals surface area (Å²) in [5.41, 5.74) is 4.98. The van der Waals surface area contributed by atoms with Crippen molar-refractivity contribution in [1.29, 1.82) is 0 Å². The van der Waals surface area contributed by atoms with Crippen LogP contribution in [0.2, 0.25) is 0 Å². The van der Waals surface area contributed by atoms with Gasteiger partial charge in [-0.15, -0.1) is 11.3 Å². The normalized spacial score (nSPS) is 12.3. The number of alkyl halides is 2. The van der Waals surface area contributed by atoms with Crippen LogP contribution in [-0.2, 0) is 17.3 Å². The lowest BCUT2D eigenvalue weighted by molar-refractivity contribution is -0.118. The van der Waals surface area contributed by atoms with Gasteiger partial charge in [-0.1, -0.05) is 13.8 Å². The number of thiazole rings is 1. The third-order valence-electron chi connectivity index (χ3n) is 2.75. The molecule has 21 heavy (non-hydrogen) atoms. The van der Waals surface area contributed by atoms with E-state index in [0.717, 1.165) is 11.6 Å².